The number of nitro benzene ring substituents is 2. The maximum Gasteiger partial charge on any atom is 0.284 e. The average Bonchev–Trinajstić information content (AvgIpc) is 2.73. The number of hydrazine groups is 1. The van der Waals surface area contributed by atoms with Gasteiger partial charge in [0.15, 0.2) is 0 Å². The highest BCUT2D eigenvalue weighted by molar-refractivity contribution is 9.10. The van der Waals surface area contributed by atoms with E-state index in [1.807, 2.05) is 0 Å². The molecule has 11 nitrogen and oxygen atoms in total. The van der Waals surface area contributed by atoms with Crippen LogP contribution in [0.2, 0.25) is 0 Å². The molecule has 1 aliphatic heterocycles. The second-order valence-electron chi connectivity index (χ2n) is 6.43. The molecule has 3 aromatic rings. The topological polar surface area (TPSA) is 153 Å². The highest BCUT2D eigenvalue weighted by atomic mass is 79.9. The molecule has 0 saturated heterocycles. The van der Waals surface area contributed by atoms with E-state index in [1.165, 1.54) is 12.1 Å². The summed E-state index contributed by atoms with van der Waals surface area (Å²) >= 11 is 3.22. The molecule has 0 spiro atoms. The standard InChI is InChI=1S/C19H9BrN4O7/c20-10-3-1-2-9(8-10)17(25)21-22-18(26)11-4-6-13(23(28)29)16-14(24(30)31)7-5-12(15(11)16)19(22)27/h1-8H,(H,21,25). The average molecular weight is 485 g/mol. The lowest BCUT2D eigenvalue weighted by atomic mass is 9.92. The molecule has 4 rings (SSSR count). The number of amides is 3. The van der Waals surface area contributed by atoms with E-state index in [9.17, 15) is 34.6 Å². The molecule has 1 aliphatic rings. The molecule has 12 heteroatoms. The lowest BCUT2D eigenvalue weighted by molar-refractivity contribution is -0.390. The van der Waals surface area contributed by atoms with Gasteiger partial charge in [0.1, 0.15) is 5.39 Å². The van der Waals surface area contributed by atoms with E-state index >= 15 is 0 Å². The number of benzene rings is 3. The molecular weight excluding hydrogens is 476 g/mol. The van der Waals surface area contributed by atoms with E-state index in [0.29, 0.717) is 9.48 Å². The third kappa shape index (κ3) is 3.18. The lowest BCUT2D eigenvalue weighted by Crippen LogP contribution is -2.51. The Bertz CT molecular complexity index is 1290. The Morgan fingerprint density at radius 3 is 1.90 bits per heavy atom. The van der Waals surface area contributed by atoms with E-state index in [4.69, 9.17) is 0 Å². The molecule has 0 atom stereocenters. The summed E-state index contributed by atoms with van der Waals surface area (Å²) in [6, 6.07) is 10.3. The first-order valence-electron chi connectivity index (χ1n) is 8.54. The molecule has 1 N–H and O–H groups in total. The van der Waals surface area contributed by atoms with Gasteiger partial charge >= 0.3 is 0 Å². The molecule has 0 fully saturated rings. The van der Waals surface area contributed by atoms with Gasteiger partial charge in [-0.2, -0.15) is 5.01 Å². The van der Waals surface area contributed by atoms with Crippen molar-refractivity contribution in [2.75, 3.05) is 0 Å². The molecule has 154 valence electrons. The fraction of sp³-hybridized carbons (Fsp3) is 0. The number of halogens is 1. The Kier molecular flexibility index (Phi) is 4.70. The molecule has 0 saturated carbocycles. The van der Waals surface area contributed by atoms with Gasteiger partial charge in [-0.25, -0.2) is 0 Å². The second-order valence-corrected chi connectivity index (χ2v) is 7.34. The van der Waals surface area contributed by atoms with Crippen molar-refractivity contribution in [3.05, 3.63) is 89.9 Å². The highest BCUT2D eigenvalue weighted by Crippen LogP contribution is 2.40. The van der Waals surface area contributed by atoms with Crippen molar-refractivity contribution in [3.8, 4) is 0 Å². The first-order valence-corrected chi connectivity index (χ1v) is 9.34. The molecule has 3 aromatic carbocycles. The molecule has 3 amide bonds. The van der Waals surface area contributed by atoms with Gasteiger partial charge in [-0.15, -0.1) is 0 Å². The number of carbonyl (C=O) groups is 3. The van der Waals surface area contributed by atoms with Gasteiger partial charge in [0, 0.05) is 27.6 Å². The zero-order valence-corrected chi connectivity index (χ0v) is 16.8. The maximum atomic E-state index is 13.0. The van der Waals surface area contributed by atoms with Crippen LogP contribution in [0.25, 0.3) is 10.8 Å². The molecule has 0 bridgehead atoms. The number of hydrogen-bond donors (Lipinski definition) is 1. The molecule has 0 aromatic heterocycles. The normalized spacial score (nSPS) is 12.7. The Morgan fingerprint density at radius 1 is 0.871 bits per heavy atom. The summed E-state index contributed by atoms with van der Waals surface area (Å²) in [6.45, 7) is 0. The van der Waals surface area contributed by atoms with Gasteiger partial charge in [0.25, 0.3) is 29.1 Å². The van der Waals surface area contributed by atoms with Crippen LogP contribution < -0.4 is 5.43 Å². The van der Waals surface area contributed by atoms with Gasteiger partial charge in [-0.3, -0.25) is 40.0 Å². The number of hydrogen-bond acceptors (Lipinski definition) is 7. The lowest BCUT2D eigenvalue weighted by Gasteiger charge is -2.27. The van der Waals surface area contributed by atoms with Crippen LogP contribution in [0, 0.1) is 20.2 Å². The Balaban J connectivity index is 1.86. The minimum Gasteiger partial charge on any atom is -0.267 e. The second kappa shape index (κ2) is 7.25. The zero-order valence-electron chi connectivity index (χ0n) is 15.2. The van der Waals surface area contributed by atoms with Crippen LogP contribution in [-0.4, -0.2) is 32.6 Å². The van der Waals surface area contributed by atoms with Gasteiger partial charge in [-0.1, -0.05) is 22.0 Å². The summed E-state index contributed by atoms with van der Waals surface area (Å²) in [7, 11) is 0. The number of imide groups is 1. The van der Waals surface area contributed by atoms with E-state index < -0.39 is 44.3 Å². The number of nitrogens with one attached hydrogen (secondary N) is 1. The zero-order chi connectivity index (χ0) is 22.4. The SMILES string of the molecule is O=C(NN1C(=O)c2ccc([N+](=O)[O-])c3c([N+](=O)[O-])ccc(c23)C1=O)c1cccc(Br)c1. The fourth-order valence-corrected chi connectivity index (χ4v) is 3.75. The van der Waals surface area contributed by atoms with Gasteiger partial charge in [-0.05, 0) is 30.3 Å². The van der Waals surface area contributed by atoms with Crippen LogP contribution in [0.1, 0.15) is 31.1 Å². The summed E-state index contributed by atoms with van der Waals surface area (Å²) in [5.74, 6) is -2.69. The van der Waals surface area contributed by atoms with Crippen LogP contribution in [0.4, 0.5) is 11.4 Å². The summed E-state index contributed by atoms with van der Waals surface area (Å²) < 4.78 is 0.603. The number of carbonyl (C=O) groups excluding carboxylic acids is 3. The number of rotatable bonds is 4. The van der Waals surface area contributed by atoms with Gasteiger partial charge in [0.05, 0.1) is 21.0 Å². The molecule has 0 unspecified atom stereocenters. The van der Waals surface area contributed by atoms with Crippen LogP contribution >= 0.6 is 15.9 Å². The van der Waals surface area contributed by atoms with E-state index in [0.717, 1.165) is 24.3 Å². The molecule has 1 heterocycles. The largest absolute Gasteiger partial charge is 0.284 e. The van der Waals surface area contributed by atoms with Gasteiger partial charge < -0.3 is 0 Å². The fourth-order valence-electron chi connectivity index (χ4n) is 3.35. The van der Waals surface area contributed by atoms with Crippen LogP contribution in [0.5, 0.6) is 0 Å². The molecular formula is C19H9BrN4O7. The van der Waals surface area contributed by atoms with Crippen molar-refractivity contribution < 1.29 is 24.2 Å². The van der Waals surface area contributed by atoms with Crippen molar-refractivity contribution in [2.24, 2.45) is 0 Å². The van der Waals surface area contributed by atoms with E-state index in [2.05, 4.69) is 21.4 Å². The Hall–Kier alpha value is -4.19. The smallest absolute Gasteiger partial charge is 0.267 e. The monoisotopic (exact) mass is 484 g/mol. The summed E-state index contributed by atoms with van der Waals surface area (Å²) in [5, 5.41) is 22.7. The van der Waals surface area contributed by atoms with Crippen molar-refractivity contribution in [1.29, 1.82) is 0 Å². The Morgan fingerprint density at radius 2 is 1.42 bits per heavy atom. The minimum atomic E-state index is -0.971. The third-order valence-electron chi connectivity index (χ3n) is 4.68. The van der Waals surface area contributed by atoms with Crippen molar-refractivity contribution >= 4 is 55.8 Å². The summed E-state index contributed by atoms with van der Waals surface area (Å²) in [5.41, 5.74) is 0.796. The summed E-state index contributed by atoms with van der Waals surface area (Å²) in [4.78, 5) is 59.6. The van der Waals surface area contributed by atoms with Crippen LogP contribution in [0.15, 0.2) is 53.0 Å². The first-order chi connectivity index (χ1) is 14.7. The summed E-state index contributed by atoms with van der Waals surface area (Å²) in [6.07, 6.45) is 0. The van der Waals surface area contributed by atoms with Gasteiger partial charge in [0.2, 0.25) is 0 Å². The van der Waals surface area contributed by atoms with Crippen LogP contribution in [-0.2, 0) is 0 Å². The maximum absolute atomic E-state index is 13.0. The van der Waals surface area contributed by atoms with Crippen molar-refractivity contribution in [1.82, 2.24) is 10.4 Å². The number of nitrogens with zero attached hydrogens (tertiary/aromatic N) is 3. The quantitative estimate of drug-likeness (QED) is 0.338. The highest BCUT2D eigenvalue weighted by Gasteiger charge is 2.38. The molecule has 31 heavy (non-hydrogen) atoms. The predicted molar refractivity (Wildman–Crippen MR) is 109 cm³/mol. The Labute approximate surface area is 180 Å². The van der Waals surface area contributed by atoms with E-state index in [-0.39, 0.29) is 22.1 Å². The molecule has 0 radical (unpaired) electrons. The van der Waals surface area contributed by atoms with Crippen LogP contribution in [0.3, 0.4) is 0 Å². The minimum absolute atomic E-state index is 0.165. The number of non-ortho nitro benzene ring substituents is 2. The molecule has 0 aliphatic carbocycles. The van der Waals surface area contributed by atoms with E-state index in [1.54, 1.807) is 12.1 Å². The first kappa shape index (κ1) is 20.1. The predicted octanol–water partition coefficient (Wildman–Crippen LogP) is 3.36. The van der Waals surface area contributed by atoms with Crippen molar-refractivity contribution in [3.63, 3.8) is 0 Å². The third-order valence-corrected chi connectivity index (χ3v) is 5.17. The number of nitro groups is 2. The van der Waals surface area contributed by atoms with Crippen molar-refractivity contribution in [2.45, 2.75) is 0 Å².